The van der Waals surface area contributed by atoms with Gasteiger partial charge >= 0.3 is 0 Å². The van der Waals surface area contributed by atoms with E-state index in [1.807, 2.05) is 6.92 Å². The van der Waals surface area contributed by atoms with Crippen LogP contribution in [-0.4, -0.2) is 15.1 Å². The van der Waals surface area contributed by atoms with Crippen molar-refractivity contribution in [2.75, 3.05) is 0 Å². The van der Waals surface area contributed by atoms with Crippen LogP contribution in [-0.2, 0) is 0 Å². The van der Waals surface area contributed by atoms with E-state index < -0.39 is 4.92 Å². The Kier molecular flexibility index (Phi) is 3.58. The second-order valence-electron chi connectivity index (χ2n) is 3.82. The van der Waals surface area contributed by atoms with E-state index in [4.69, 9.17) is 11.6 Å². The zero-order chi connectivity index (χ0) is 13.3. The number of benzene rings is 1. The molecule has 0 amide bonds. The van der Waals surface area contributed by atoms with Crippen molar-refractivity contribution in [3.05, 3.63) is 38.9 Å². The molecule has 0 aliphatic heterocycles. The molecule has 0 radical (unpaired) electrons. The average molecular weight is 284 g/mol. The summed E-state index contributed by atoms with van der Waals surface area (Å²) in [6.07, 6.45) is 0. The predicted molar refractivity (Wildman–Crippen MR) is 71.0 cm³/mol. The summed E-state index contributed by atoms with van der Waals surface area (Å²) in [6, 6.07) is 4.89. The molecule has 1 aromatic carbocycles. The van der Waals surface area contributed by atoms with E-state index in [0.717, 1.165) is 15.6 Å². The maximum absolute atomic E-state index is 10.7. The molecule has 0 aliphatic rings. The van der Waals surface area contributed by atoms with Gasteiger partial charge in [-0.05, 0) is 26.0 Å². The Hall–Kier alpha value is -1.53. The first kappa shape index (κ1) is 12.9. The fourth-order valence-electron chi connectivity index (χ4n) is 1.51. The van der Waals surface area contributed by atoms with Gasteiger partial charge in [0.15, 0.2) is 0 Å². The van der Waals surface area contributed by atoms with Gasteiger partial charge in [0.2, 0.25) is 0 Å². The Balaban J connectivity index is 2.39. The molecule has 5 nitrogen and oxygen atoms in total. The van der Waals surface area contributed by atoms with Crippen molar-refractivity contribution in [1.29, 1.82) is 0 Å². The minimum Gasteiger partial charge on any atom is -0.258 e. The van der Waals surface area contributed by atoms with Crippen molar-refractivity contribution in [2.24, 2.45) is 0 Å². The zero-order valence-corrected chi connectivity index (χ0v) is 11.3. The van der Waals surface area contributed by atoms with Crippen LogP contribution < -0.4 is 0 Å². The number of alkyl halides is 1. The van der Waals surface area contributed by atoms with Crippen molar-refractivity contribution in [2.45, 2.75) is 19.2 Å². The summed E-state index contributed by atoms with van der Waals surface area (Å²) in [5.41, 5.74) is 1.53. The normalized spacial score (nSPS) is 12.4. The summed E-state index contributed by atoms with van der Waals surface area (Å²) in [4.78, 5) is 10.3. The standard InChI is InChI=1S/C11H10ClN3O2S/c1-6-5-8(3-4-9(6)15(16)17)11-14-13-10(18-11)7(2)12/h3-5,7H,1-2H3. The van der Waals surface area contributed by atoms with Crippen LogP contribution in [0.15, 0.2) is 18.2 Å². The van der Waals surface area contributed by atoms with Crippen molar-refractivity contribution >= 4 is 28.6 Å². The van der Waals surface area contributed by atoms with E-state index in [9.17, 15) is 10.1 Å². The quantitative estimate of drug-likeness (QED) is 0.489. The van der Waals surface area contributed by atoms with E-state index in [-0.39, 0.29) is 11.1 Å². The van der Waals surface area contributed by atoms with Crippen LogP contribution in [0.25, 0.3) is 10.6 Å². The predicted octanol–water partition coefficient (Wildman–Crippen LogP) is 3.72. The molecule has 0 bridgehead atoms. The first-order valence-corrected chi connectivity index (χ1v) is 6.47. The van der Waals surface area contributed by atoms with E-state index in [2.05, 4.69) is 10.2 Å². The van der Waals surface area contributed by atoms with Gasteiger partial charge in [-0.3, -0.25) is 10.1 Å². The lowest BCUT2D eigenvalue weighted by atomic mass is 10.1. The van der Waals surface area contributed by atoms with Gasteiger partial charge in [0.25, 0.3) is 5.69 Å². The van der Waals surface area contributed by atoms with Gasteiger partial charge in [0.1, 0.15) is 10.0 Å². The average Bonchev–Trinajstić information content (AvgIpc) is 2.77. The maximum atomic E-state index is 10.7. The molecule has 1 aromatic heterocycles. The third-order valence-electron chi connectivity index (χ3n) is 2.42. The molecule has 0 fully saturated rings. The van der Waals surface area contributed by atoms with Crippen LogP contribution in [0.4, 0.5) is 5.69 Å². The van der Waals surface area contributed by atoms with Crippen LogP contribution in [0.3, 0.4) is 0 Å². The maximum Gasteiger partial charge on any atom is 0.272 e. The Morgan fingerprint density at radius 1 is 1.44 bits per heavy atom. The molecule has 1 atom stereocenters. The molecule has 1 heterocycles. The van der Waals surface area contributed by atoms with E-state index in [0.29, 0.717) is 5.56 Å². The largest absolute Gasteiger partial charge is 0.272 e. The van der Waals surface area contributed by atoms with Crippen molar-refractivity contribution in [3.8, 4) is 10.6 Å². The first-order chi connectivity index (χ1) is 8.49. The lowest BCUT2D eigenvalue weighted by Gasteiger charge is -1.99. The summed E-state index contributed by atoms with van der Waals surface area (Å²) in [7, 11) is 0. The molecule has 0 N–H and O–H groups in total. The lowest BCUT2D eigenvalue weighted by molar-refractivity contribution is -0.385. The van der Waals surface area contributed by atoms with E-state index in [1.165, 1.54) is 17.4 Å². The highest BCUT2D eigenvalue weighted by Crippen LogP contribution is 2.31. The van der Waals surface area contributed by atoms with Crippen LogP contribution >= 0.6 is 22.9 Å². The number of nitro groups is 1. The number of halogens is 1. The van der Waals surface area contributed by atoms with Gasteiger partial charge in [-0.15, -0.1) is 21.8 Å². The molecule has 2 aromatic rings. The van der Waals surface area contributed by atoms with Crippen LogP contribution in [0.1, 0.15) is 22.9 Å². The second kappa shape index (κ2) is 4.99. The molecular formula is C11H10ClN3O2S. The Labute approximate surface area is 113 Å². The zero-order valence-electron chi connectivity index (χ0n) is 9.75. The summed E-state index contributed by atoms with van der Waals surface area (Å²) in [6.45, 7) is 3.53. The SMILES string of the molecule is Cc1cc(-c2nnc(C(C)Cl)s2)ccc1[N+](=O)[O-]. The smallest absolute Gasteiger partial charge is 0.258 e. The number of aromatic nitrogens is 2. The summed E-state index contributed by atoms with van der Waals surface area (Å²) >= 11 is 7.31. The van der Waals surface area contributed by atoms with Gasteiger partial charge in [0, 0.05) is 17.2 Å². The molecule has 0 aliphatic carbocycles. The van der Waals surface area contributed by atoms with E-state index >= 15 is 0 Å². The van der Waals surface area contributed by atoms with Crippen molar-refractivity contribution < 1.29 is 4.92 Å². The molecule has 0 spiro atoms. The molecule has 0 saturated heterocycles. The number of nitro benzene ring substituents is 1. The lowest BCUT2D eigenvalue weighted by Crippen LogP contribution is -1.91. The highest BCUT2D eigenvalue weighted by atomic mass is 35.5. The van der Waals surface area contributed by atoms with Crippen LogP contribution in [0, 0.1) is 17.0 Å². The minimum absolute atomic E-state index is 0.106. The Bertz CT molecular complexity index is 598. The summed E-state index contributed by atoms with van der Waals surface area (Å²) in [5, 5.41) is 20.0. The van der Waals surface area contributed by atoms with Gasteiger partial charge in [-0.1, -0.05) is 11.3 Å². The van der Waals surface area contributed by atoms with Gasteiger partial charge in [-0.2, -0.15) is 0 Å². The molecule has 18 heavy (non-hydrogen) atoms. The number of rotatable bonds is 3. The van der Waals surface area contributed by atoms with Gasteiger partial charge < -0.3 is 0 Å². The fraction of sp³-hybridized carbons (Fsp3) is 0.273. The molecule has 1 unspecified atom stereocenters. The molecule has 2 rings (SSSR count). The summed E-state index contributed by atoms with van der Waals surface area (Å²) < 4.78 is 0. The topological polar surface area (TPSA) is 68.9 Å². The van der Waals surface area contributed by atoms with Gasteiger partial charge in [0.05, 0.1) is 10.3 Å². The van der Waals surface area contributed by atoms with Crippen LogP contribution in [0.2, 0.25) is 0 Å². The monoisotopic (exact) mass is 283 g/mol. The molecule has 7 heteroatoms. The second-order valence-corrected chi connectivity index (χ2v) is 5.48. The first-order valence-electron chi connectivity index (χ1n) is 5.22. The van der Waals surface area contributed by atoms with E-state index in [1.54, 1.807) is 19.1 Å². The number of hydrogen-bond donors (Lipinski definition) is 0. The third-order valence-corrected chi connectivity index (χ3v) is 3.91. The molecular weight excluding hydrogens is 274 g/mol. The third kappa shape index (κ3) is 2.49. The van der Waals surface area contributed by atoms with Gasteiger partial charge in [-0.25, -0.2) is 0 Å². The number of aryl methyl sites for hydroxylation is 1. The number of hydrogen-bond acceptors (Lipinski definition) is 5. The Morgan fingerprint density at radius 3 is 2.67 bits per heavy atom. The number of nitrogens with zero attached hydrogens (tertiary/aromatic N) is 3. The fourth-order valence-corrected chi connectivity index (χ4v) is 2.45. The highest BCUT2D eigenvalue weighted by Gasteiger charge is 2.14. The minimum atomic E-state index is -0.397. The van der Waals surface area contributed by atoms with Crippen LogP contribution in [0.5, 0.6) is 0 Å². The molecule has 0 saturated carbocycles. The highest BCUT2D eigenvalue weighted by molar-refractivity contribution is 7.15. The molecule has 94 valence electrons. The summed E-state index contributed by atoms with van der Waals surface area (Å²) in [5.74, 6) is 0. The van der Waals surface area contributed by atoms with Crippen molar-refractivity contribution in [3.63, 3.8) is 0 Å². The Morgan fingerprint density at radius 2 is 2.17 bits per heavy atom. The van der Waals surface area contributed by atoms with Crippen molar-refractivity contribution in [1.82, 2.24) is 10.2 Å².